The fraction of sp³-hybridized carbons (Fsp3) is 0.429. The van der Waals surface area contributed by atoms with Crippen LogP contribution < -0.4 is 25.1 Å². The summed E-state index contributed by atoms with van der Waals surface area (Å²) in [4.78, 5) is 20.4. The van der Waals surface area contributed by atoms with E-state index in [1.807, 2.05) is 48.2 Å². The van der Waals surface area contributed by atoms with E-state index < -0.39 is 0 Å². The number of aromatic nitrogens is 1. The van der Waals surface area contributed by atoms with Gasteiger partial charge in [0, 0.05) is 29.2 Å². The molecule has 9 heteroatoms. The summed E-state index contributed by atoms with van der Waals surface area (Å²) >= 11 is 5.81. The molecule has 0 aliphatic carbocycles. The molecule has 200 valence electrons. The van der Waals surface area contributed by atoms with Gasteiger partial charge < -0.3 is 34.3 Å². The second kappa shape index (κ2) is 13.9. The van der Waals surface area contributed by atoms with E-state index >= 15 is 0 Å². The number of ether oxygens (including phenoxy) is 3. The summed E-state index contributed by atoms with van der Waals surface area (Å²) in [6.07, 6.45) is 0.920. The molecule has 0 unspecified atom stereocenters. The number of hydrogen-bond acceptors (Lipinski definition) is 6. The minimum atomic E-state index is -0.155. The first-order valence-electron chi connectivity index (χ1n) is 12.7. The molecule has 0 saturated heterocycles. The number of thiocarbonyl (C=S) groups is 1. The highest BCUT2D eigenvalue weighted by atomic mass is 32.1. The predicted octanol–water partition coefficient (Wildman–Crippen LogP) is 4.87. The first-order chi connectivity index (χ1) is 17.9. The van der Waals surface area contributed by atoms with Gasteiger partial charge in [-0.2, -0.15) is 0 Å². The first-order valence-corrected chi connectivity index (χ1v) is 13.1. The van der Waals surface area contributed by atoms with Gasteiger partial charge in [0.1, 0.15) is 5.75 Å². The van der Waals surface area contributed by atoms with E-state index in [0.29, 0.717) is 47.4 Å². The summed E-state index contributed by atoms with van der Waals surface area (Å²) in [5, 5.41) is 4.75. The second-order valence-corrected chi connectivity index (χ2v) is 8.99. The summed E-state index contributed by atoms with van der Waals surface area (Å²) in [5.41, 5.74) is 2.02. The van der Waals surface area contributed by atoms with Gasteiger partial charge in [-0.15, -0.1) is 0 Å². The third kappa shape index (κ3) is 7.60. The molecule has 2 N–H and O–H groups in total. The van der Waals surface area contributed by atoms with E-state index in [9.17, 15) is 4.79 Å². The van der Waals surface area contributed by atoms with Gasteiger partial charge >= 0.3 is 0 Å². The molecule has 0 spiro atoms. The minimum absolute atomic E-state index is 0.155. The number of methoxy groups -OCH3 is 2. The molecule has 0 fully saturated rings. The maximum atomic E-state index is 13.0. The van der Waals surface area contributed by atoms with Crippen LogP contribution in [0.1, 0.15) is 32.8 Å². The monoisotopic (exact) mass is 526 g/mol. The standard InChI is InChI=1S/C28H38N4O4S/c1-6-31(7-2)14-9-15-32(28(37)29-22-10-12-23(13-11-22)36-8-3)19-21-16-20-17-25(34-4)26(35-5)18-24(20)30-27(21)33/h10-13,16-18H,6-9,14-15,19H2,1-5H3,(H,29,37)(H,30,33). The molecule has 0 aliphatic rings. The van der Waals surface area contributed by atoms with Gasteiger partial charge in [-0.05, 0) is 81.6 Å². The third-order valence-electron chi connectivity index (χ3n) is 6.29. The number of benzene rings is 2. The van der Waals surface area contributed by atoms with Crippen molar-refractivity contribution in [2.75, 3.05) is 52.3 Å². The Bertz CT molecular complexity index is 1230. The lowest BCUT2D eigenvalue weighted by molar-refractivity contribution is 0.281. The summed E-state index contributed by atoms with van der Waals surface area (Å²) in [7, 11) is 3.17. The molecule has 3 aromatic rings. The highest BCUT2D eigenvalue weighted by Crippen LogP contribution is 2.31. The highest BCUT2D eigenvalue weighted by Gasteiger charge is 2.16. The average molecular weight is 527 g/mol. The molecule has 0 radical (unpaired) electrons. The van der Waals surface area contributed by atoms with E-state index in [1.165, 1.54) is 0 Å². The van der Waals surface area contributed by atoms with Crippen LogP contribution in [-0.2, 0) is 6.54 Å². The molecule has 0 aliphatic heterocycles. The molecule has 0 amide bonds. The predicted molar refractivity (Wildman–Crippen MR) is 154 cm³/mol. The zero-order valence-electron chi connectivity index (χ0n) is 22.4. The average Bonchev–Trinajstić information content (AvgIpc) is 2.91. The van der Waals surface area contributed by atoms with Gasteiger partial charge in [-0.1, -0.05) is 13.8 Å². The van der Waals surface area contributed by atoms with Crippen molar-refractivity contribution in [3.05, 3.63) is 58.4 Å². The smallest absolute Gasteiger partial charge is 0.253 e. The third-order valence-corrected chi connectivity index (χ3v) is 6.65. The number of pyridine rings is 1. The molecule has 1 aromatic heterocycles. The second-order valence-electron chi connectivity index (χ2n) is 8.61. The highest BCUT2D eigenvalue weighted by molar-refractivity contribution is 7.80. The van der Waals surface area contributed by atoms with Crippen LogP contribution in [0.15, 0.2) is 47.3 Å². The van der Waals surface area contributed by atoms with Crippen molar-refractivity contribution >= 4 is 33.9 Å². The quantitative estimate of drug-likeness (QED) is 0.305. The first kappa shape index (κ1) is 28.3. The van der Waals surface area contributed by atoms with Crippen molar-refractivity contribution < 1.29 is 14.2 Å². The van der Waals surface area contributed by atoms with E-state index in [2.05, 4.69) is 29.0 Å². The lowest BCUT2D eigenvalue weighted by Crippen LogP contribution is -2.38. The summed E-state index contributed by atoms with van der Waals surface area (Å²) in [6, 6.07) is 13.2. The van der Waals surface area contributed by atoms with E-state index in [1.54, 1.807) is 20.3 Å². The number of hydrogen-bond donors (Lipinski definition) is 2. The molecular formula is C28H38N4O4S. The normalized spacial score (nSPS) is 11.0. The van der Waals surface area contributed by atoms with Crippen LogP contribution in [0, 0.1) is 0 Å². The number of fused-ring (bicyclic) bond motifs is 1. The molecule has 1 heterocycles. The number of anilines is 1. The van der Waals surface area contributed by atoms with Gasteiger partial charge in [0.25, 0.3) is 5.56 Å². The number of aromatic amines is 1. The molecule has 0 bridgehead atoms. The Hall–Kier alpha value is -3.30. The summed E-state index contributed by atoms with van der Waals surface area (Å²) in [6.45, 7) is 10.9. The molecule has 3 rings (SSSR count). The van der Waals surface area contributed by atoms with Crippen LogP contribution in [0.5, 0.6) is 17.2 Å². The van der Waals surface area contributed by atoms with E-state index in [4.69, 9.17) is 26.4 Å². The van der Waals surface area contributed by atoms with Crippen LogP contribution in [0.2, 0.25) is 0 Å². The van der Waals surface area contributed by atoms with Crippen LogP contribution in [0.25, 0.3) is 10.9 Å². The summed E-state index contributed by atoms with van der Waals surface area (Å²) in [5.74, 6) is 1.98. The Morgan fingerprint density at radius 1 is 0.973 bits per heavy atom. The maximum absolute atomic E-state index is 13.0. The Kier molecular flexibility index (Phi) is 10.6. The number of nitrogens with zero attached hydrogens (tertiary/aromatic N) is 2. The van der Waals surface area contributed by atoms with Crippen molar-refractivity contribution in [2.24, 2.45) is 0 Å². The van der Waals surface area contributed by atoms with E-state index in [0.717, 1.165) is 42.9 Å². The summed E-state index contributed by atoms with van der Waals surface area (Å²) < 4.78 is 16.4. The zero-order valence-corrected chi connectivity index (χ0v) is 23.2. The van der Waals surface area contributed by atoms with Gasteiger partial charge in [-0.3, -0.25) is 4.79 Å². The van der Waals surface area contributed by atoms with Crippen molar-refractivity contribution in [3.63, 3.8) is 0 Å². The SMILES string of the molecule is CCOc1ccc(NC(=S)N(CCCN(CC)CC)Cc2cc3cc(OC)c(OC)cc3[nH]c2=O)cc1. The molecule has 37 heavy (non-hydrogen) atoms. The number of H-pyrrole nitrogens is 1. The molecular weight excluding hydrogens is 488 g/mol. The van der Waals surface area contributed by atoms with Gasteiger partial charge in [0.15, 0.2) is 16.6 Å². The van der Waals surface area contributed by atoms with E-state index in [-0.39, 0.29) is 5.56 Å². The lowest BCUT2D eigenvalue weighted by Gasteiger charge is -2.27. The van der Waals surface area contributed by atoms with Crippen LogP contribution in [0.4, 0.5) is 5.69 Å². The molecule has 2 aromatic carbocycles. The topological polar surface area (TPSA) is 79.1 Å². The Balaban J connectivity index is 1.85. The Morgan fingerprint density at radius 3 is 2.27 bits per heavy atom. The molecule has 0 atom stereocenters. The fourth-order valence-electron chi connectivity index (χ4n) is 4.18. The maximum Gasteiger partial charge on any atom is 0.253 e. The van der Waals surface area contributed by atoms with Gasteiger partial charge in [0.2, 0.25) is 0 Å². The fourth-order valence-corrected chi connectivity index (χ4v) is 4.46. The molecule has 8 nitrogen and oxygen atoms in total. The molecule has 0 saturated carbocycles. The zero-order chi connectivity index (χ0) is 26.8. The largest absolute Gasteiger partial charge is 0.494 e. The Labute approximate surface area is 224 Å². The van der Waals surface area contributed by atoms with Crippen LogP contribution in [0.3, 0.4) is 0 Å². The van der Waals surface area contributed by atoms with Gasteiger partial charge in [0.05, 0.1) is 32.9 Å². The van der Waals surface area contributed by atoms with Crippen molar-refractivity contribution in [1.82, 2.24) is 14.8 Å². The van der Waals surface area contributed by atoms with Crippen molar-refractivity contribution in [3.8, 4) is 17.2 Å². The van der Waals surface area contributed by atoms with Crippen molar-refractivity contribution in [2.45, 2.75) is 33.7 Å². The van der Waals surface area contributed by atoms with Crippen LogP contribution >= 0.6 is 12.2 Å². The lowest BCUT2D eigenvalue weighted by atomic mass is 10.1. The number of nitrogens with one attached hydrogen (secondary N) is 2. The van der Waals surface area contributed by atoms with Gasteiger partial charge in [-0.25, -0.2) is 0 Å². The number of rotatable bonds is 13. The van der Waals surface area contributed by atoms with Crippen molar-refractivity contribution in [1.29, 1.82) is 0 Å². The van der Waals surface area contributed by atoms with Crippen LogP contribution in [-0.4, -0.2) is 66.9 Å². The Morgan fingerprint density at radius 2 is 1.65 bits per heavy atom. The minimum Gasteiger partial charge on any atom is -0.494 e.